The molecule has 28 heavy (non-hydrogen) atoms. The van der Waals surface area contributed by atoms with Crippen molar-refractivity contribution >= 4 is 11.6 Å². The van der Waals surface area contributed by atoms with E-state index in [0.29, 0.717) is 6.54 Å². The van der Waals surface area contributed by atoms with Gasteiger partial charge in [0.05, 0.1) is 25.4 Å². The van der Waals surface area contributed by atoms with Crippen LogP contribution in [0.5, 0.6) is 5.75 Å². The second kappa shape index (κ2) is 8.15. The van der Waals surface area contributed by atoms with Crippen molar-refractivity contribution in [2.24, 2.45) is 5.10 Å². The van der Waals surface area contributed by atoms with Gasteiger partial charge in [-0.15, -0.1) is 0 Å². The van der Waals surface area contributed by atoms with E-state index in [2.05, 4.69) is 24.0 Å². The number of hydrogen-bond donors (Lipinski definition) is 0. The number of nitrogens with zero attached hydrogens (tertiary/aromatic N) is 3. The van der Waals surface area contributed by atoms with Gasteiger partial charge in [-0.1, -0.05) is 24.3 Å². The number of ether oxygens (including phenoxy) is 1. The summed E-state index contributed by atoms with van der Waals surface area (Å²) < 4.78 is 5.26. The molecule has 2 aromatic carbocycles. The van der Waals surface area contributed by atoms with Crippen LogP contribution in [0.3, 0.4) is 0 Å². The van der Waals surface area contributed by atoms with Crippen LogP contribution in [0.15, 0.2) is 53.6 Å². The highest BCUT2D eigenvalue weighted by molar-refractivity contribution is 6.03. The number of rotatable bonds is 5. The number of hydrogen-bond acceptors (Lipinski definition) is 4. The first-order valence-corrected chi connectivity index (χ1v) is 9.97. The number of aryl methyl sites for hydroxylation is 1. The minimum atomic E-state index is -0.0478. The molecular weight excluding hydrogens is 350 g/mol. The number of carbonyl (C=O) groups excluding carboxylic acids is 1. The fourth-order valence-corrected chi connectivity index (χ4v) is 4.11. The monoisotopic (exact) mass is 377 g/mol. The molecule has 4 rings (SSSR count). The van der Waals surface area contributed by atoms with Crippen molar-refractivity contribution in [3.05, 3.63) is 65.2 Å². The first-order valence-electron chi connectivity index (χ1n) is 9.97. The van der Waals surface area contributed by atoms with Crippen molar-refractivity contribution in [3.63, 3.8) is 0 Å². The fraction of sp³-hybridized carbons (Fsp3) is 0.391. The zero-order valence-corrected chi connectivity index (χ0v) is 16.6. The summed E-state index contributed by atoms with van der Waals surface area (Å²) in [6.07, 6.45) is 3.08. The summed E-state index contributed by atoms with van der Waals surface area (Å²) in [5, 5.41) is 6.51. The molecule has 2 aliphatic heterocycles. The van der Waals surface area contributed by atoms with Crippen LogP contribution in [0.25, 0.3) is 0 Å². The Morgan fingerprint density at radius 2 is 1.82 bits per heavy atom. The molecule has 146 valence electrons. The van der Waals surface area contributed by atoms with E-state index in [4.69, 9.17) is 9.84 Å². The van der Waals surface area contributed by atoms with Crippen LogP contribution in [0.1, 0.15) is 42.0 Å². The molecule has 1 saturated heterocycles. The van der Waals surface area contributed by atoms with Gasteiger partial charge in [0.15, 0.2) is 0 Å². The summed E-state index contributed by atoms with van der Waals surface area (Å²) in [6.45, 7) is 4.55. The molecule has 1 atom stereocenters. The lowest BCUT2D eigenvalue weighted by Crippen LogP contribution is -2.37. The minimum absolute atomic E-state index is 0.0478. The topological polar surface area (TPSA) is 45.1 Å². The lowest BCUT2D eigenvalue weighted by molar-refractivity contribution is -0.134. The van der Waals surface area contributed by atoms with E-state index in [0.717, 1.165) is 36.5 Å². The second-order valence-electron chi connectivity index (χ2n) is 7.57. The van der Waals surface area contributed by atoms with Gasteiger partial charge in [-0.2, -0.15) is 5.10 Å². The maximum Gasteiger partial charge on any atom is 0.257 e. The van der Waals surface area contributed by atoms with Crippen LogP contribution in [0.4, 0.5) is 0 Å². The van der Waals surface area contributed by atoms with Gasteiger partial charge in [-0.3, -0.25) is 9.69 Å². The van der Waals surface area contributed by atoms with E-state index < -0.39 is 0 Å². The molecule has 0 aliphatic carbocycles. The Kier molecular flexibility index (Phi) is 5.44. The predicted molar refractivity (Wildman–Crippen MR) is 111 cm³/mol. The van der Waals surface area contributed by atoms with Crippen molar-refractivity contribution in [3.8, 4) is 5.75 Å². The number of amides is 1. The van der Waals surface area contributed by atoms with Gasteiger partial charge in [0.1, 0.15) is 5.75 Å². The second-order valence-corrected chi connectivity index (χ2v) is 7.57. The molecule has 2 heterocycles. The average molecular weight is 377 g/mol. The Balaban J connectivity index is 1.63. The van der Waals surface area contributed by atoms with Gasteiger partial charge >= 0.3 is 0 Å². The van der Waals surface area contributed by atoms with Crippen molar-refractivity contribution in [1.82, 2.24) is 9.91 Å². The first-order chi connectivity index (χ1) is 13.7. The largest absolute Gasteiger partial charge is 0.497 e. The average Bonchev–Trinajstić information content (AvgIpc) is 3.38. The number of benzene rings is 2. The minimum Gasteiger partial charge on any atom is -0.497 e. The number of carbonyl (C=O) groups is 1. The maximum atomic E-state index is 13.1. The van der Waals surface area contributed by atoms with E-state index in [1.165, 1.54) is 24.0 Å². The van der Waals surface area contributed by atoms with Gasteiger partial charge in [0.25, 0.3) is 5.91 Å². The highest BCUT2D eigenvalue weighted by Crippen LogP contribution is 2.34. The molecule has 0 spiro atoms. The Bertz CT molecular complexity index is 870. The Labute approximate surface area is 166 Å². The summed E-state index contributed by atoms with van der Waals surface area (Å²) in [5.41, 5.74) is 4.35. The van der Waals surface area contributed by atoms with Gasteiger partial charge in [0.2, 0.25) is 0 Å². The highest BCUT2D eigenvalue weighted by atomic mass is 16.5. The molecule has 0 radical (unpaired) electrons. The standard InChI is InChI=1S/C23H27N3O2/c1-17-7-3-4-8-20(17)22-15-21(18-9-11-19(28-2)12-10-18)24-26(22)23(27)16-25-13-5-6-14-25/h3-4,7-12,22H,5-6,13-16H2,1-2H3. The van der Waals surface area contributed by atoms with E-state index in [1.807, 2.05) is 36.4 Å². The lowest BCUT2D eigenvalue weighted by atomic mass is 9.95. The quantitative estimate of drug-likeness (QED) is 0.797. The molecule has 0 saturated carbocycles. The molecular formula is C23H27N3O2. The van der Waals surface area contributed by atoms with Gasteiger partial charge in [-0.25, -0.2) is 5.01 Å². The SMILES string of the molecule is COc1ccc(C2=NN(C(=O)CN3CCCC3)C(c3ccccc3C)C2)cc1. The van der Waals surface area contributed by atoms with E-state index >= 15 is 0 Å². The van der Waals surface area contributed by atoms with Crippen LogP contribution >= 0.6 is 0 Å². The van der Waals surface area contributed by atoms with Gasteiger partial charge in [-0.05, 0) is 73.8 Å². The van der Waals surface area contributed by atoms with E-state index in [9.17, 15) is 4.79 Å². The summed E-state index contributed by atoms with van der Waals surface area (Å²) in [6, 6.07) is 16.2. The zero-order valence-electron chi connectivity index (χ0n) is 16.6. The molecule has 0 bridgehead atoms. The van der Waals surface area contributed by atoms with Crippen LogP contribution in [-0.4, -0.2) is 48.3 Å². The summed E-state index contributed by atoms with van der Waals surface area (Å²) in [5.74, 6) is 0.901. The highest BCUT2D eigenvalue weighted by Gasteiger charge is 2.34. The van der Waals surface area contributed by atoms with Crippen LogP contribution < -0.4 is 4.74 Å². The third-order valence-corrected chi connectivity index (χ3v) is 5.69. The summed E-state index contributed by atoms with van der Waals surface area (Å²) >= 11 is 0. The number of hydrazone groups is 1. The number of likely N-dealkylation sites (tertiary alicyclic amines) is 1. The Morgan fingerprint density at radius 3 is 2.50 bits per heavy atom. The first kappa shape index (κ1) is 18.7. The molecule has 0 N–H and O–H groups in total. The van der Waals surface area contributed by atoms with Crippen molar-refractivity contribution in [2.75, 3.05) is 26.7 Å². The fourth-order valence-electron chi connectivity index (χ4n) is 4.11. The zero-order chi connectivity index (χ0) is 19.5. The normalized spacial score (nSPS) is 19.7. The van der Waals surface area contributed by atoms with Crippen LogP contribution in [0.2, 0.25) is 0 Å². The van der Waals surface area contributed by atoms with Crippen molar-refractivity contribution in [1.29, 1.82) is 0 Å². The molecule has 2 aromatic rings. The van der Waals surface area contributed by atoms with Gasteiger partial charge in [0, 0.05) is 6.42 Å². The maximum absolute atomic E-state index is 13.1. The van der Waals surface area contributed by atoms with Crippen LogP contribution in [-0.2, 0) is 4.79 Å². The van der Waals surface area contributed by atoms with Crippen molar-refractivity contribution < 1.29 is 9.53 Å². The third-order valence-electron chi connectivity index (χ3n) is 5.69. The van der Waals surface area contributed by atoms with Crippen molar-refractivity contribution in [2.45, 2.75) is 32.2 Å². The number of methoxy groups -OCH3 is 1. The third kappa shape index (κ3) is 3.80. The van der Waals surface area contributed by atoms with Crippen LogP contribution in [0, 0.1) is 6.92 Å². The molecule has 1 fully saturated rings. The molecule has 1 unspecified atom stereocenters. The summed E-state index contributed by atoms with van der Waals surface area (Å²) in [7, 11) is 1.66. The van der Waals surface area contributed by atoms with E-state index in [-0.39, 0.29) is 11.9 Å². The Morgan fingerprint density at radius 1 is 1.11 bits per heavy atom. The summed E-state index contributed by atoms with van der Waals surface area (Å²) in [4.78, 5) is 15.4. The molecule has 5 nitrogen and oxygen atoms in total. The Hall–Kier alpha value is -2.66. The molecule has 5 heteroatoms. The lowest BCUT2D eigenvalue weighted by Gasteiger charge is -2.25. The van der Waals surface area contributed by atoms with E-state index in [1.54, 1.807) is 12.1 Å². The smallest absolute Gasteiger partial charge is 0.257 e. The molecule has 2 aliphatic rings. The molecule has 0 aromatic heterocycles. The molecule has 1 amide bonds. The predicted octanol–water partition coefficient (Wildman–Crippen LogP) is 3.78. The van der Waals surface area contributed by atoms with Gasteiger partial charge < -0.3 is 4.74 Å².